The van der Waals surface area contributed by atoms with Gasteiger partial charge in [0, 0.05) is 18.7 Å². The van der Waals surface area contributed by atoms with E-state index in [1.54, 1.807) is 42.5 Å². The molecule has 2 aromatic rings. The third kappa shape index (κ3) is 6.97. The van der Waals surface area contributed by atoms with Crippen LogP contribution < -0.4 is 14.8 Å². The number of methoxy groups -OCH3 is 3. The molecule has 0 bridgehead atoms. The fourth-order valence-corrected chi connectivity index (χ4v) is 2.40. The highest BCUT2D eigenvalue weighted by atomic mass is 16.5. The summed E-state index contributed by atoms with van der Waals surface area (Å²) >= 11 is 0. The Hall–Kier alpha value is -3.81. The van der Waals surface area contributed by atoms with Crippen LogP contribution in [0, 0.1) is 0 Å². The minimum Gasteiger partial charge on any atom is -0.497 e. The van der Waals surface area contributed by atoms with Crippen LogP contribution in [0.15, 0.2) is 48.5 Å². The Morgan fingerprint density at radius 3 is 2.13 bits per heavy atom. The van der Waals surface area contributed by atoms with Crippen molar-refractivity contribution in [2.45, 2.75) is 6.54 Å². The Morgan fingerprint density at radius 2 is 1.57 bits per heavy atom. The van der Waals surface area contributed by atoms with Gasteiger partial charge in [0.1, 0.15) is 11.5 Å². The number of benzene rings is 2. The fourth-order valence-electron chi connectivity index (χ4n) is 2.40. The molecule has 8 heteroatoms. The average molecular weight is 413 g/mol. The molecule has 0 aliphatic carbocycles. The SMILES string of the molecule is COC(=O)c1ccc(CNC(=O)COC(=O)/C=C/c2cc(OC)cc(OC)c2)cc1. The molecule has 0 saturated heterocycles. The van der Waals surface area contributed by atoms with Gasteiger partial charge in [-0.1, -0.05) is 12.1 Å². The Bertz CT molecular complexity index is 897. The molecule has 2 rings (SSSR count). The first kappa shape index (κ1) is 22.5. The summed E-state index contributed by atoms with van der Waals surface area (Å²) in [7, 11) is 4.37. The van der Waals surface area contributed by atoms with Crippen LogP contribution in [0.4, 0.5) is 0 Å². The van der Waals surface area contributed by atoms with Crippen LogP contribution in [-0.2, 0) is 25.6 Å². The van der Waals surface area contributed by atoms with E-state index in [0.717, 1.165) is 5.56 Å². The summed E-state index contributed by atoms with van der Waals surface area (Å²) in [5.74, 6) is -0.369. The predicted molar refractivity (Wildman–Crippen MR) is 109 cm³/mol. The van der Waals surface area contributed by atoms with Crippen molar-refractivity contribution in [3.8, 4) is 11.5 Å². The quantitative estimate of drug-likeness (QED) is 0.498. The number of hydrogen-bond acceptors (Lipinski definition) is 7. The number of amides is 1. The number of esters is 2. The lowest BCUT2D eigenvalue weighted by Gasteiger charge is -2.07. The van der Waals surface area contributed by atoms with Crippen molar-refractivity contribution in [3.05, 3.63) is 65.2 Å². The number of carbonyl (C=O) groups is 3. The number of ether oxygens (including phenoxy) is 4. The van der Waals surface area contributed by atoms with Crippen molar-refractivity contribution in [1.29, 1.82) is 0 Å². The van der Waals surface area contributed by atoms with Gasteiger partial charge in [0.2, 0.25) is 0 Å². The Morgan fingerprint density at radius 1 is 0.933 bits per heavy atom. The number of hydrogen-bond donors (Lipinski definition) is 1. The van der Waals surface area contributed by atoms with Gasteiger partial charge >= 0.3 is 11.9 Å². The molecule has 0 spiro atoms. The monoisotopic (exact) mass is 413 g/mol. The molecule has 0 aliphatic rings. The zero-order chi connectivity index (χ0) is 21.9. The highest BCUT2D eigenvalue weighted by Gasteiger charge is 2.07. The van der Waals surface area contributed by atoms with E-state index in [2.05, 4.69) is 10.1 Å². The van der Waals surface area contributed by atoms with Gasteiger partial charge in [0.15, 0.2) is 6.61 Å². The predicted octanol–water partition coefficient (Wildman–Crippen LogP) is 2.36. The fraction of sp³-hybridized carbons (Fsp3) is 0.227. The molecule has 0 fully saturated rings. The van der Waals surface area contributed by atoms with Crippen LogP contribution in [0.25, 0.3) is 6.08 Å². The van der Waals surface area contributed by atoms with Crippen molar-refractivity contribution in [1.82, 2.24) is 5.32 Å². The second-order valence-corrected chi connectivity index (χ2v) is 6.05. The number of nitrogens with one attached hydrogen (secondary N) is 1. The van der Waals surface area contributed by atoms with E-state index in [1.165, 1.54) is 33.5 Å². The maximum Gasteiger partial charge on any atom is 0.337 e. The van der Waals surface area contributed by atoms with Gasteiger partial charge < -0.3 is 24.3 Å². The molecular formula is C22H23NO7. The number of rotatable bonds is 9. The van der Waals surface area contributed by atoms with Crippen LogP contribution in [0.3, 0.4) is 0 Å². The van der Waals surface area contributed by atoms with Gasteiger partial charge in [-0.2, -0.15) is 0 Å². The highest BCUT2D eigenvalue weighted by Crippen LogP contribution is 2.23. The standard InChI is InChI=1S/C22H23NO7/c1-27-18-10-16(11-19(12-18)28-2)6-9-21(25)30-14-20(24)23-13-15-4-7-17(8-5-15)22(26)29-3/h4-12H,13-14H2,1-3H3,(H,23,24)/b9-6+. The van der Waals surface area contributed by atoms with Gasteiger partial charge in [-0.3, -0.25) is 4.79 Å². The first-order valence-electron chi connectivity index (χ1n) is 8.97. The van der Waals surface area contributed by atoms with Crippen molar-refractivity contribution >= 4 is 23.9 Å². The molecule has 1 amide bonds. The number of carbonyl (C=O) groups excluding carboxylic acids is 3. The lowest BCUT2D eigenvalue weighted by molar-refractivity contribution is -0.143. The molecule has 0 heterocycles. The van der Waals surface area contributed by atoms with E-state index in [9.17, 15) is 14.4 Å². The zero-order valence-corrected chi connectivity index (χ0v) is 17.0. The van der Waals surface area contributed by atoms with Crippen molar-refractivity contribution in [2.75, 3.05) is 27.9 Å². The van der Waals surface area contributed by atoms with E-state index in [-0.39, 0.29) is 6.54 Å². The Kier molecular flexibility index (Phi) is 8.43. The summed E-state index contributed by atoms with van der Waals surface area (Å²) in [4.78, 5) is 35.1. The van der Waals surface area contributed by atoms with E-state index < -0.39 is 24.5 Å². The van der Waals surface area contributed by atoms with Crippen LogP contribution in [0.5, 0.6) is 11.5 Å². The van der Waals surface area contributed by atoms with Crippen LogP contribution in [-0.4, -0.2) is 45.8 Å². The molecule has 0 radical (unpaired) electrons. The second kappa shape index (κ2) is 11.3. The summed E-state index contributed by atoms with van der Waals surface area (Å²) < 4.78 is 19.9. The van der Waals surface area contributed by atoms with Crippen molar-refractivity contribution < 1.29 is 33.3 Å². The van der Waals surface area contributed by atoms with E-state index in [0.29, 0.717) is 22.6 Å². The third-order valence-electron chi connectivity index (χ3n) is 4.00. The normalized spacial score (nSPS) is 10.4. The Balaban J connectivity index is 1.79. The summed E-state index contributed by atoms with van der Waals surface area (Å²) in [6.45, 7) is -0.178. The lowest BCUT2D eigenvalue weighted by Crippen LogP contribution is -2.28. The topological polar surface area (TPSA) is 100 Å². The van der Waals surface area contributed by atoms with Crippen LogP contribution in [0.2, 0.25) is 0 Å². The molecule has 8 nitrogen and oxygen atoms in total. The molecule has 0 atom stereocenters. The van der Waals surface area contributed by atoms with Crippen LogP contribution >= 0.6 is 0 Å². The van der Waals surface area contributed by atoms with Crippen LogP contribution in [0.1, 0.15) is 21.5 Å². The van der Waals surface area contributed by atoms with E-state index in [1.807, 2.05) is 0 Å². The minimum absolute atomic E-state index is 0.233. The van der Waals surface area contributed by atoms with Gasteiger partial charge in [-0.15, -0.1) is 0 Å². The summed E-state index contributed by atoms with van der Waals surface area (Å²) in [5, 5.41) is 2.63. The zero-order valence-electron chi connectivity index (χ0n) is 17.0. The highest BCUT2D eigenvalue weighted by molar-refractivity contribution is 5.90. The molecule has 2 aromatic carbocycles. The molecule has 0 unspecified atom stereocenters. The second-order valence-electron chi connectivity index (χ2n) is 6.05. The minimum atomic E-state index is -0.658. The molecule has 0 aliphatic heterocycles. The maximum absolute atomic E-state index is 11.9. The van der Waals surface area contributed by atoms with Crippen molar-refractivity contribution in [2.24, 2.45) is 0 Å². The first-order chi connectivity index (χ1) is 14.4. The molecular weight excluding hydrogens is 390 g/mol. The van der Waals surface area contributed by atoms with E-state index in [4.69, 9.17) is 14.2 Å². The first-order valence-corrected chi connectivity index (χ1v) is 8.97. The maximum atomic E-state index is 11.9. The Labute approximate surface area is 174 Å². The molecule has 30 heavy (non-hydrogen) atoms. The van der Waals surface area contributed by atoms with E-state index >= 15 is 0 Å². The average Bonchev–Trinajstić information content (AvgIpc) is 2.79. The molecule has 1 N–H and O–H groups in total. The summed E-state index contributed by atoms with van der Waals surface area (Å²) in [6.07, 6.45) is 2.75. The van der Waals surface area contributed by atoms with Crippen molar-refractivity contribution in [3.63, 3.8) is 0 Å². The van der Waals surface area contributed by atoms with Gasteiger partial charge in [-0.25, -0.2) is 9.59 Å². The summed E-state index contributed by atoms with van der Waals surface area (Å²) in [5.41, 5.74) is 1.89. The third-order valence-corrected chi connectivity index (χ3v) is 4.00. The molecule has 0 aromatic heterocycles. The smallest absolute Gasteiger partial charge is 0.337 e. The lowest BCUT2D eigenvalue weighted by atomic mass is 10.1. The molecule has 158 valence electrons. The largest absolute Gasteiger partial charge is 0.497 e. The molecule has 0 saturated carbocycles. The van der Waals surface area contributed by atoms with Gasteiger partial charge in [-0.05, 0) is 41.5 Å². The van der Waals surface area contributed by atoms with Gasteiger partial charge in [0.25, 0.3) is 5.91 Å². The van der Waals surface area contributed by atoms with Gasteiger partial charge in [0.05, 0.1) is 26.9 Å². The summed E-state index contributed by atoms with van der Waals surface area (Å²) in [6, 6.07) is 11.8.